The number of aliphatic carboxylic acids is 1. The van der Waals surface area contributed by atoms with E-state index in [9.17, 15) is 4.79 Å². The zero-order valence-corrected chi connectivity index (χ0v) is 10.9. The van der Waals surface area contributed by atoms with Gasteiger partial charge in [0.1, 0.15) is 0 Å². The summed E-state index contributed by atoms with van der Waals surface area (Å²) in [6, 6.07) is 0.630. The number of carbonyl (C=O) groups is 1. The third-order valence-electron chi connectivity index (χ3n) is 4.78. The monoisotopic (exact) mass is 239 g/mol. The first-order chi connectivity index (χ1) is 8.16. The van der Waals surface area contributed by atoms with Crippen molar-refractivity contribution < 1.29 is 9.90 Å². The maximum atomic E-state index is 10.9. The van der Waals surface area contributed by atoms with Crippen LogP contribution in [0.5, 0.6) is 0 Å². The second-order valence-corrected chi connectivity index (χ2v) is 5.91. The van der Waals surface area contributed by atoms with Crippen molar-refractivity contribution in [1.82, 2.24) is 4.90 Å². The molecule has 2 saturated carbocycles. The van der Waals surface area contributed by atoms with E-state index < -0.39 is 5.97 Å². The summed E-state index contributed by atoms with van der Waals surface area (Å²) >= 11 is 0. The predicted octanol–water partition coefficient (Wildman–Crippen LogP) is 2.75. The summed E-state index contributed by atoms with van der Waals surface area (Å²) in [6.45, 7) is 1.20. The molecule has 0 spiro atoms. The van der Waals surface area contributed by atoms with Gasteiger partial charge in [-0.1, -0.05) is 19.3 Å². The quantitative estimate of drug-likeness (QED) is 0.802. The standard InChI is InChI=1S/C14H25NO2/c1-15(10-9-11-3-2-4-11)13-7-5-12(6-8-13)14(16)17/h11-13H,2-10H2,1H3,(H,16,17). The van der Waals surface area contributed by atoms with Crippen LogP contribution in [0.1, 0.15) is 51.4 Å². The topological polar surface area (TPSA) is 40.5 Å². The fourth-order valence-corrected chi connectivity index (χ4v) is 3.11. The van der Waals surface area contributed by atoms with Crippen LogP contribution in [-0.2, 0) is 4.79 Å². The van der Waals surface area contributed by atoms with Gasteiger partial charge in [-0.05, 0) is 51.6 Å². The van der Waals surface area contributed by atoms with Crippen molar-refractivity contribution in [2.45, 2.75) is 57.4 Å². The van der Waals surface area contributed by atoms with E-state index in [1.165, 1.54) is 32.2 Å². The molecule has 2 fully saturated rings. The molecule has 98 valence electrons. The van der Waals surface area contributed by atoms with Crippen molar-refractivity contribution in [2.75, 3.05) is 13.6 Å². The Labute approximate surface area is 104 Å². The molecule has 2 rings (SSSR count). The summed E-state index contributed by atoms with van der Waals surface area (Å²) in [5, 5.41) is 8.97. The van der Waals surface area contributed by atoms with E-state index in [2.05, 4.69) is 11.9 Å². The summed E-state index contributed by atoms with van der Waals surface area (Å²) in [5.41, 5.74) is 0. The van der Waals surface area contributed by atoms with Crippen LogP contribution in [0.25, 0.3) is 0 Å². The van der Waals surface area contributed by atoms with Gasteiger partial charge in [-0.25, -0.2) is 0 Å². The summed E-state index contributed by atoms with van der Waals surface area (Å²) in [4.78, 5) is 13.3. The summed E-state index contributed by atoms with van der Waals surface area (Å²) in [6.07, 6.45) is 9.50. The number of nitrogens with zero attached hydrogens (tertiary/aromatic N) is 1. The minimum Gasteiger partial charge on any atom is -0.481 e. The molecule has 3 nitrogen and oxygen atoms in total. The highest BCUT2D eigenvalue weighted by atomic mass is 16.4. The van der Waals surface area contributed by atoms with E-state index in [0.29, 0.717) is 6.04 Å². The summed E-state index contributed by atoms with van der Waals surface area (Å²) in [7, 11) is 2.21. The van der Waals surface area contributed by atoms with E-state index in [4.69, 9.17) is 5.11 Å². The van der Waals surface area contributed by atoms with Crippen molar-refractivity contribution in [3.05, 3.63) is 0 Å². The van der Waals surface area contributed by atoms with Crippen LogP contribution < -0.4 is 0 Å². The average Bonchev–Trinajstić information content (AvgIpc) is 2.27. The fourth-order valence-electron chi connectivity index (χ4n) is 3.11. The molecule has 0 radical (unpaired) electrons. The Hall–Kier alpha value is -0.570. The Morgan fingerprint density at radius 3 is 2.29 bits per heavy atom. The lowest BCUT2D eigenvalue weighted by Gasteiger charge is -2.35. The third-order valence-corrected chi connectivity index (χ3v) is 4.78. The van der Waals surface area contributed by atoms with Gasteiger partial charge >= 0.3 is 5.97 Å². The SMILES string of the molecule is CN(CCC1CCC1)C1CCC(C(=O)O)CC1. The molecule has 2 aliphatic rings. The van der Waals surface area contributed by atoms with E-state index in [1.54, 1.807) is 0 Å². The lowest BCUT2D eigenvalue weighted by atomic mass is 9.82. The first-order valence-electron chi connectivity index (χ1n) is 7.10. The van der Waals surface area contributed by atoms with Gasteiger partial charge in [0.2, 0.25) is 0 Å². The van der Waals surface area contributed by atoms with Crippen molar-refractivity contribution in [1.29, 1.82) is 0 Å². The molecule has 0 heterocycles. The van der Waals surface area contributed by atoms with E-state index in [1.807, 2.05) is 0 Å². The molecule has 0 aromatic rings. The third kappa shape index (κ3) is 3.44. The highest BCUT2D eigenvalue weighted by Gasteiger charge is 2.28. The molecule has 0 atom stereocenters. The van der Waals surface area contributed by atoms with Crippen LogP contribution in [0.2, 0.25) is 0 Å². The molecule has 0 aliphatic heterocycles. The van der Waals surface area contributed by atoms with Crippen LogP contribution in [0.4, 0.5) is 0 Å². The second-order valence-electron chi connectivity index (χ2n) is 5.91. The van der Waals surface area contributed by atoms with Crippen LogP contribution in [0.3, 0.4) is 0 Å². The lowest BCUT2D eigenvalue weighted by Crippen LogP contribution is -2.38. The van der Waals surface area contributed by atoms with Gasteiger partial charge in [-0.2, -0.15) is 0 Å². The van der Waals surface area contributed by atoms with Crippen molar-refractivity contribution in [3.8, 4) is 0 Å². The molecule has 3 heteroatoms. The van der Waals surface area contributed by atoms with Gasteiger partial charge in [0.15, 0.2) is 0 Å². The Balaban J connectivity index is 1.66. The highest BCUT2D eigenvalue weighted by Crippen LogP contribution is 2.31. The zero-order valence-electron chi connectivity index (χ0n) is 10.9. The van der Waals surface area contributed by atoms with Crippen LogP contribution in [0, 0.1) is 11.8 Å². The van der Waals surface area contributed by atoms with Gasteiger partial charge in [0.05, 0.1) is 5.92 Å². The Kier molecular flexibility index (Phi) is 4.43. The predicted molar refractivity (Wildman–Crippen MR) is 68.0 cm³/mol. The molecule has 0 aromatic heterocycles. The normalized spacial score (nSPS) is 30.2. The maximum Gasteiger partial charge on any atom is 0.306 e. The second kappa shape index (κ2) is 5.85. The Morgan fingerprint density at radius 2 is 1.82 bits per heavy atom. The molecule has 2 aliphatic carbocycles. The van der Waals surface area contributed by atoms with Gasteiger partial charge in [-0.15, -0.1) is 0 Å². The van der Waals surface area contributed by atoms with Gasteiger partial charge < -0.3 is 10.0 Å². The van der Waals surface area contributed by atoms with E-state index in [0.717, 1.165) is 31.6 Å². The van der Waals surface area contributed by atoms with E-state index in [-0.39, 0.29) is 5.92 Å². The van der Waals surface area contributed by atoms with Crippen molar-refractivity contribution in [3.63, 3.8) is 0 Å². The number of hydrogen-bond acceptors (Lipinski definition) is 2. The molecule has 0 bridgehead atoms. The highest BCUT2D eigenvalue weighted by molar-refractivity contribution is 5.70. The summed E-state index contributed by atoms with van der Waals surface area (Å²) < 4.78 is 0. The molecule has 0 unspecified atom stereocenters. The van der Waals surface area contributed by atoms with Crippen molar-refractivity contribution in [2.24, 2.45) is 11.8 Å². The minimum absolute atomic E-state index is 0.0775. The van der Waals surface area contributed by atoms with Gasteiger partial charge in [0, 0.05) is 6.04 Å². The number of carboxylic acids is 1. The number of carboxylic acid groups (broad SMARTS) is 1. The molecule has 17 heavy (non-hydrogen) atoms. The Morgan fingerprint density at radius 1 is 1.18 bits per heavy atom. The molecule has 0 amide bonds. The largest absolute Gasteiger partial charge is 0.481 e. The van der Waals surface area contributed by atoms with Crippen molar-refractivity contribution >= 4 is 5.97 Å². The smallest absolute Gasteiger partial charge is 0.306 e. The average molecular weight is 239 g/mol. The van der Waals surface area contributed by atoms with Crippen LogP contribution in [0.15, 0.2) is 0 Å². The molecular formula is C14H25NO2. The van der Waals surface area contributed by atoms with Gasteiger partial charge in [0.25, 0.3) is 0 Å². The van der Waals surface area contributed by atoms with Gasteiger partial charge in [-0.3, -0.25) is 4.79 Å². The first-order valence-corrected chi connectivity index (χ1v) is 7.10. The minimum atomic E-state index is -0.597. The van der Waals surface area contributed by atoms with Crippen LogP contribution in [-0.4, -0.2) is 35.6 Å². The van der Waals surface area contributed by atoms with E-state index >= 15 is 0 Å². The Bertz CT molecular complexity index is 255. The first kappa shape index (κ1) is 12.9. The fraction of sp³-hybridized carbons (Fsp3) is 0.929. The summed E-state index contributed by atoms with van der Waals surface area (Å²) in [5.74, 6) is 0.305. The number of hydrogen-bond donors (Lipinski definition) is 1. The maximum absolute atomic E-state index is 10.9. The van der Waals surface area contributed by atoms with Crippen LogP contribution >= 0.6 is 0 Å². The molecule has 0 saturated heterocycles. The molecular weight excluding hydrogens is 214 g/mol. The zero-order chi connectivity index (χ0) is 12.3. The number of rotatable bonds is 5. The molecule has 0 aromatic carbocycles. The lowest BCUT2D eigenvalue weighted by molar-refractivity contribution is -0.143. The molecule has 1 N–H and O–H groups in total.